The van der Waals surface area contributed by atoms with Crippen molar-refractivity contribution in [2.24, 2.45) is 0 Å². The van der Waals surface area contributed by atoms with Gasteiger partial charge in [0, 0.05) is 25.6 Å². The molecule has 1 saturated carbocycles. The van der Waals surface area contributed by atoms with Gasteiger partial charge in [-0.25, -0.2) is 0 Å². The molecule has 5 heteroatoms. The van der Waals surface area contributed by atoms with Gasteiger partial charge in [-0.05, 0) is 31.4 Å². The molecule has 1 aromatic carbocycles. The van der Waals surface area contributed by atoms with Gasteiger partial charge in [0.15, 0.2) is 5.78 Å². The average Bonchev–Trinajstić information content (AvgIpc) is 3.14. The first-order chi connectivity index (χ1) is 11.2. The molecule has 1 atom stereocenters. The molecule has 1 aromatic rings. The van der Waals surface area contributed by atoms with Crippen molar-refractivity contribution in [1.29, 1.82) is 0 Å². The normalized spacial score (nSPS) is 28.0. The molecule has 2 aliphatic heterocycles. The van der Waals surface area contributed by atoms with E-state index in [4.69, 9.17) is 4.74 Å². The lowest BCUT2D eigenvalue weighted by atomic mass is 9.97. The molecular weight excluding hydrogens is 290 g/mol. The topological polar surface area (TPSA) is 44.8 Å². The van der Waals surface area contributed by atoms with Crippen LogP contribution in [0.5, 0.6) is 0 Å². The summed E-state index contributed by atoms with van der Waals surface area (Å²) in [6.07, 6.45) is 3.15. The van der Waals surface area contributed by atoms with E-state index in [1.807, 2.05) is 18.2 Å². The molecule has 1 unspecified atom stereocenters. The van der Waals surface area contributed by atoms with Gasteiger partial charge in [-0.15, -0.1) is 0 Å². The maximum Gasteiger partial charge on any atom is 0.177 e. The van der Waals surface area contributed by atoms with Crippen molar-refractivity contribution in [2.45, 2.75) is 31.8 Å². The quantitative estimate of drug-likeness (QED) is 0.925. The number of morpholine rings is 1. The molecule has 2 fully saturated rings. The lowest BCUT2D eigenvalue weighted by Gasteiger charge is -2.48. The van der Waals surface area contributed by atoms with E-state index in [0.717, 1.165) is 57.0 Å². The fourth-order valence-electron chi connectivity index (χ4n) is 4.28. The summed E-state index contributed by atoms with van der Waals surface area (Å²) in [5.41, 5.74) is 6.37. The van der Waals surface area contributed by atoms with Gasteiger partial charge in [0.25, 0.3) is 0 Å². The summed E-state index contributed by atoms with van der Waals surface area (Å²) in [5, 5.41) is 2.22. The van der Waals surface area contributed by atoms with Crippen LogP contribution in [0.3, 0.4) is 0 Å². The summed E-state index contributed by atoms with van der Waals surface area (Å²) < 4.78 is 5.56. The van der Waals surface area contributed by atoms with Crippen molar-refractivity contribution in [3.05, 3.63) is 41.6 Å². The van der Waals surface area contributed by atoms with E-state index in [2.05, 4.69) is 27.5 Å². The fraction of sp³-hybridized carbons (Fsp3) is 0.500. The van der Waals surface area contributed by atoms with E-state index in [9.17, 15) is 4.79 Å². The van der Waals surface area contributed by atoms with Crippen LogP contribution in [0.15, 0.2) is 41.6 Å². The number of fused-ring (bicyclic) bond motifs is 1. The number of hydrazine groups is 1. The Kier molecular flexibility index (Phi) is 3.62. The van der Waals surface area contributed by atoms with E-state index in [0.29, 0.717) is 0 Å². The number of nitrogens with one attached hydrogen (secondary N) is 1. The number of nitrogens with zero attached hydrogens (tertiary/aromatic N) is 2. The molecule has 1 saturated heterocycles. The van der Waals surface area contributed by atoms with Gasteiger partial charge in [0.2, 0.25) is 0 Å². The first-order valence-electron chi connectivity index (χ1n) is 8.43. The summed E-state index contributed by atoms with van der Waals surface area (Å²) in [6, 6.07) is 10.3. The zero-order chi connectivity index (χ0) is 15.9. The molecule has 0 aromatic heterocycles. The molecular formula is C18H23N3O2. The van der Waals surface area contributed by atoms with Crippen molar-refractivity contribution >= 4 is 11.5 Å². The van der Waals surface area contributed by atoms with Gasteiger partial charge in [0.05, 0.1) is 24.6 Å². The highest BCUT2D eigenvalue weighted by Crippen LogP contribution is 2.48. The number of allylic oxidation sites excluding steroid dienone is 1. The minimum Gasteiger partial charge on any atom is -0.379 e. The molecule has 3 aliphatic rings. The predicted molar refractivity (Wildman–Crippen MR) is 88.7 cm³/mol. The van der Waals surface area contributed by atoms with Gasteiger partial charge < -0.3 is 4.74 Å². The SMILES string of the molecule is CC(=O)C1=C2CCCC2(N2CCOCC2)N(c2ccccc2)N1. The zero-order valence-electron chi connectivity index (χ0n) is 13.5. The summed E-state index contributed by atoms with van der Waals surface area (Å²) in [5.74, 6) is 0.123. The zero-order valence-corrected chi connectivity index (χ0v) is 13.5. The Morgan fingerprint density at radius 2 is 1.96 bits per heavy atom. The van der Waals surface area contributed by atoms with Gasteiger partial charge in [-0.2, -0.15) is 0 Å². The molecule has 5 nitrogen and oxygen atoms in total. The van der Waals surface area contributed by atoms with Crippen LogP contribution in [0.2, 0.25) is 0 Å². The van der Waals surface area contributed by atoms with E-state index in [1.165, 1.54) is 5.57 Å². The second kappa shape index (κ2) is 5.65. The average molecular weight is 313 g/mol. The van der Waals surface area contributed by atoms with Crippen LogP contribution < -0.4 is 10.4 Å². The number of ether oxygens (including phenoxy) is 1. The summed E-state index contributed by atoms with van der Waals surface area (Å²) >= 11 is 0. The van der Waals surface area contributed by atoms with Crippen LogP contribution >= 0.6 is 0 Å². The van der Waals surface area contributed by atoms with Crippen molar-refractivity contribution < 1.29 is 9.53 Å². The molecule has 23 heavy (non-hydrogen) atoms. The first kappa shape index (κ1) is 14.7. The van der Waals surface area contributed by atoms with Crippen LogP contribution in [-0.2, 0) is 9.53 Å². The number of para-hydroxylation sites is 1. The Morgan fingerprint density at radius 3 is 2.65 bits per heavy atom. The van der Waals surface area contributed by atoms with Crippen LogP contribution in [-0.4, -0.2) is 42.6 Å². The van der Waals surface area contributed by atoms with Crippen molar-refractivity contribution in [3.63, 3.8) is 0 Å². The number of rotatable bonds is 3. The van der Waals surface area contributed by atoms with Crippen LogP contribution in [0.1, 0.15) is 26.2 Å². The van der Waals surface area contributed by atoms with Crippen LogP contribution in [0.4, 0.5) is 5.69 Å². The Hall–Kier alpha value is -1.85. The second-order valence-electron chi connectivity index (χ2n) is 6.46. The largest absolute Gasteiger partial charge is 0.379 e. The summed E-state index contributed by atoms with van der Waals surface area (Å²) in [4.78, 5) is 14.7. The van der Waals surface area contributed by atoms with Crippen LogP contribution in [0, 0.1) is 0 Å². The Bertz CT molecular complexity index is 637. The van der Waals surface area contributed by atoms with E-state index >= 15 is 0 Å². The standard InChI is InChI=1S/C18H23N3O2/c1-14(22)17-16-8-5-9-18(16,20-10-12-23-13-11-20)21(19-17)15-6-3-2-4-7-15/h2-4,6-7,19H,5,8-13H2,1H3. The second-order valence-corrected chi connectivity index (χ2v) is 6.46. The van der Waals surface area contributed by atoms with Gasteiger partial charge in [0.1, 0.15) is 5.66 Å². The number of hydrogen-bond donors (Lipinski definition) is 1. The fourth-order valence-corrected chi connectivity index (χ4v) is 4.28. The van der Waals surface area contributed by atoms with E-state index < -0.39 is 0 Å². The Morgan fingerprint density at radius 1 is 1.22 bits per heavy atom. The minimum atomic E-state index is -0.216. The highest BCUT2D eigenvalue weighted by molar-refractivity contribution is 5.95. The third-order valence-electron chi connectivity index (χ3n) is 5.23. The predicted octanol–water partition coefficient (Wildman–Crippen LogP) is 2.07. The van der Waals surface area contributed by atoms with Gasteiger partial charge in [-0.3, -0.25) is 20.1 Å². The molecule has 1 N–H and O–H groups in total. The molecule has 122 valence electrons. The van der Waals surface area contributed by atoms with E-state index in [1.54, 1.807) is 6.92 Å². The highest BCUT2D eigenvalue weighted by Gasteiger charge is 2.54. The molecule has 0 radical (unpaired) electrons. The number of ketones is 1. The van der Waals surface area contributed by atoms with Crippen LogP contribution in [0.25, 0.3) is 0 Å². The third kappa shape index (κ3) is 2.18. The maximum absolute atomic E-state index is 12.2. The number of carbonyl (C=O) groups is 1. The van der Waals surface area contributed by atoms with Gasteiger partial charge in [-0.1, -0.05) is 18.2 Å². The van der Waals surface area contributed by atoms with Crippen molar-refractivity contribution in [1.82, 2.24) is 10.3 Å². The van der Waals surface area contributed by atoms with Gasteiger partial charge >= 0.3 is 0 Å². The minimum absolute atomic E-state index is 0.123. The molecule has 0 bridgehead atoms. The molecule has 4 rings (SSSR count). The highest BCUT2D eigenvalue weighted by atomic mass is 16.5. The lowest BCUT2D eigenvalue weighted by molar-refractivity contribution is -0.113. The Balaban J connectivity index is 1.82. The number of anilines is 1. The molecule has 0 spiro atoms. The number of benzene rings is 1. The lowest BCUT2D eigenvalue weighted by Crippen LogP contribution is -2.63. The number of Topliss-reactive ketones (excluding diaryl/α,β-unsaturated/α-hetero) is 1. The number of hydrogen-bond acceptors (Lipinski definition) is 5. The first-order valence-corrected chi connectivity index (χ1v) is 8.43. The third-order valence-corrected chi connectivity index (χ3v) is 5.23. The smallest absolute Gasteiger partial charge is 0.177 e. The summed E-state index contributed by atoms with van der Waals surface area (Å²) in [7, 11) is 0. The number of carbonyl (C=O) groups excluding carboxylic acids is 1. The molecule has 2 heterocycles. The summed E-state index contributed by atoms with van der Waals surface area (Å²) in [6.45, 7) is 4.98. The van der Waals surface area contributed by atoms with Crippen molar-refractivity contribution in [3.8, 4) is 0 Å². The van der Waals surface area contributed by atoms with Crippen molar-refractivity contribution in [2.75, 3.05) is 31.3 Å². The molecule has 1 aliphatic carbocycles. The maximum atomic E-state index is 12.2. The molecule has 0 amide bonds. The monoisotopic (exact) mass is 313 g/mol. The Labute approximate surface area is 136 Å². The van der Waals surface area contributed by atoms with E-state index in [-0.39, 0.29) is 11.4 Å².